The predicted molar refractivity (Wildman–Crippen MR) is 126 cm³/mol. The van der Waals surface area contributed by atoms with Crippen LogP contribution in [-0.4, -0.2) is 73.2 Å². The lowest BCUT2D eigenvalue weighted by Gasteiger charge is -2.37. The van der Waals surface area contributed by atoms with Crippen molar-refractivity contribution in [1.29, 1.82) is 5.26 Å². The van der Waals surface area contributed by atoms with E-state index in [2.05, 4.69) is 26.2 Å². The van der Waals surface area contributed by atoms with Gasteiger partial charge >= 0.3 is 6.03 Å². The molecule has 0 radical (unpaired) electrons. The summed E-state index contributed by atoms with van der Waals surface area (Å²) in [5.41, 5.74) is 7.15. The maximum atomic E-state index is 14.4. The van der Waals surface area contributed by atoms with E-state index in [0.29, 0.717) is 49.7 Å². The second-order valence-electron chi connectivity index (χ2n) is 8.39. The summed E-state index contributed by atoms with van der Waals surface area (Å²) in [5, 5.41) is 28.5. The highest BCUT2D eigenvalue weighted by Gasteiger charge is 2.33. The molecular formula is C23H23FN10O2. The van der Waals surface area contributed by atoms with Gasteiger partial charge in [-0.2, -0.15) is 20.4 Å². The molecule has 1 unspecified atom stereocenters. The number of hydrazone groups is 1. The van der Waals surface area contributed by atoms with Crippen molar-refractivity contribution in [2.24, 2.45) is 10.8 Å². The molecule has 3 aromatic rings. The third-order valence-electron chi connectivity index (χ3n) is 6.13. The maximum absolute atomic E-state index is 14.4. The van der Waals surface area contributed by atoms with Crippen molar-refractivity contribution in [2.75, 3.05) is 31.1 Å². The van der Waals surface area contributed by atoms with Crippen LogP contribution in [0.15, 0.2) is 48.0 Å². The van der Waals surface area contributed by atoms with Gasteiger partial charge in [0.15, 0.2) is 11.6 Å². The van der Waals surface area contributed by atoms with Gasteiger partial charge < -0.3 is 20.6 Å². The number of amides is 2. The second-order valence-corrected chi connectivity index (χ2v) is 8.39. The summed E-state index contributed by atoms with van der Waals surface area (Å²) in [6.45, 7) is 1.68. The molecule has 0 bridgehead atoms. The molecule has 1 saturated heterocycles. The summed E-state index contributed by atoms with van der Waals surface area (Å²) in [7, 11) is 0. The Bertz CT molecular complexity index is 1340. The highest BCUT2D eigenvalue weighted by atomic mass is 19.1. The van der Waals surface area contributed by atoms with Crippen molar-refractivity contribution in [2.45, 2.75) is 18.7 Å². The van der Waals surface area contributed by atoms with Crippen LogP contribution in [0.2, 0.25) is 0 Å². The predicted octanol–water partition coefficient (Wildman–Crippen LogP) is 1.30. The molecule has 184 valence electrons. The molecule has 12 nitrogen and oxygen atoms in total. The SMILES string of the molecule is N#Cc1cccc([C@@H]2CC=NN2C(=O)N2CCN(c3ncc(F)c(-n4cc(C(N)O)cn4)n3)CC2)c1. The fourth-order valence-corrected chi connectivity index (χ4v) is 4.20. The lowest BCUT2D eigenvalue weighted by atomic mass is 10.0. The average Bonchev–Trinajstić information content (AvgIpc) is 3.59. The molecule has 4 heterocycles. The van der Waals surface area contributed by atoms with Gasteiger partial charge in [-0.15, -0.1) is 0 Å². The molecule has 2 aromatic heterocycles. The van der Waals surface area contributed by atoms with Crippen molar-refractivity contribution in [1.82, 2.24) is 29.7 Å². The molecule has 2 amide bonds. The lowest BCUT2D eigenvalue weighted by molar-refractivity contribution is 0.139. The van der Waals surface area contributed by atoms with Gasteiger partial charge in [-0.25, -0.2) is 23.9 Å². The maximum Gasteiger partial charge on any atom is 0.341 e. The van der Waals surface area contributed by atoms with Crippen LogP contribution in [0.25, 0.3) is 5.82 Å². The molecule has 3 N–H and O–H groups in total. The first-order valence-electron chi connectivity index (χ1n) is 11.3. The number of nitriles is 1. The van der Waals surface area contributed by atoms with E-state index in [1.165, 1.54) is 22.1 Å². The lowest BCUT2D eigenvalue weighted by Crippen LogP contribution is -2.52. The van der Waals surface area contributed by atoms with Gasteiger partial charge in [0.1, 0.15) is 6.23 Å². The van der Waals surface area contributed by atoms with Crippen LogP contribution in [0.5, 0.6) is 0 Å². The van der Waals surface area contributed by atoms with E-state index in [-0.39, 0.29) is 17.9 Å². The number of hydrogen-bond donors (Lipinski definition) is 2. The van der Waals surface area contributed by atoms with Crippen LogP contribution >= 0.6 is 0 Å². The monoisotopic (exact) mass is 490 g/mol. The number of carbonyl (C=O) groups is 1. The summed E-state index contributed by atoms with van der Waals surface area (Å²) >= 11 is 0. The third-order valence-corrected chi connectivity index (χ3v) is 6.13. The first kappa shape index (κ1) is 23.3. The number of nitrogens with zero attached hydrogens (tertiary/aromatic N) is 9. The number of aromatic nitrogens is 4. The Hall–Kier alpha value is -4.41. The van der Waals surface area contributed by atoms with Crippen LogP contribution in [0.4, 0.5) is 15.1 Å². The van der Waals surface area contributed by atoms with Gasteiger partial charge in [-0.3, -0.25) is 0 Å². The number of rotatable bonds is 4. The molecule has 0 spiro atoms. The van der Waals surface area contributed by atoms with Crippen LogP contribution in [0.3, 0.4) is 0 Å². The summed E-state index contributed by atoms with van der Waals surface area (Å²) in [6, 6.07) is 8.82. The Labute approximate surface area is 205 Å². The summed E-state index contributed by atoms with van der Waals surface area (Å²) in [5.74, 6) is -0.444. The van der Waals surface area contributed by atoms with Crippen LogP contribution in [0.1, 0.15) is 35.4 Å². The van der Waals surface area contributed by atoms with E-state index in [0.717, 1.165) is 11.8 Å². The Morgan fingerprint density at radius 2 is 2.06 bits per heavy atom. The molecule has 0 saturated carbocycles. The van der Waals surface area contributed by atoms with Gasteiger partial charge in [0.2, 0.25) is 5.95 Å². The molecule has 1 fully saturated rings. The number of piperazine rings is 1. The molecule has 36 heavy (non-hydrogen) atoms. The molecule has 5 rings (SSSR count). The highest BCUT2D eigenvalue weighted by Crippen LogP contribution is 2.30. The normalized spacial score (nSPS) is 18.4. The number of anilines is 1. The fraction of sp³-hybridized carbons (Fsp3) is 0.304. The first-order chi connectivity index (χ1) is 17.4. The van der Waals surface area contributed by atoms with E-state index < -0.39 is 12.0 Å². The van der Waals surface area contributed by atoms with E-state index in [1.54, 1.807) is 29.3 Å². The third kappa shape index (κ3) is 4.47. The fourth-order valence-electron chi connectivity index (χ4n) is 4.20. The topological polar surface area (TPSA) is 153 Å². The number of aliphatic hydroxyl groups excluding tert-OH is 1. The molecule has 2 aliphatic rings. The first-order valence-corrected chi connectivity index (χ1v) is 11.3. The number of halogens is 1. The minimum Gasteiger partial charge on any atom is -0.374 e. The van der Waals surface area contributed by atoms with E-state index in [1.807, 2.05) is 11.0 Å². The zero-order valence-electron chi connectivity index (χ0n) is 19.1. The highest BCUT2D eigenvalue weighted by molar-refractivity contribution is 5.78. The largest absolute Gasteiger partial charge is 0.374 e. The molecular weight excluding hydrogens is 467 g/mol. The van der Waals surface area contributed by atoms with Crippen LogP contribution < -0.4 is 10.6 Å². The van der Waals surface area contributed by atoms with E-state index in [9.17, 15) is 19.6 Å². The van der Waals surface area contributed by atoms with Crippen molar-refractivity contribution < 1.29 is 14.3 Å². The van der Waals surface area contributed by atoms with Crippen LogP contribution in [0, 0.1) is 17.1 Å². The number of carbonyl (C=O) groups excluding carboxylic acids is 1. The molecule has 2 aliphatic heterocycles. The average molecular weight is 491 g/mol. The zero-order valence-corrected chi connectivity index (χ0v) is 19.1. The summed E-state index contributed by atoms with van der Waals surface area (Å²) in [6.07, 6.45) is 4.84. The smallest absolute Gasteiger partial charge is 0.341 e. The summed E-state index contributed by atoms with van der Waals surface area (Å²) in [4.78, 5) is 25.2. The number of urea groups is 1. The Kier molecular flexibility index (Phi) is 6.28. The van der Waals surface area contributed by atoms with Gasteiger partial charge in [0, 0.05) is 50.6 Å². The number of aliphatic hydroxyl groups is 1. The van der Waals surface area contributed by atoms with Crippen molar-refractivity contribution in [3.63, 3.8) is 0 Å². The van der Waals surface area contributed by atoms with E-state index in [4.69, 9.17) is 5.73 Å². The number of benzene rings is 1. The van der Waals surface area contributed by atoms with Crippen molar-refractivity contribution in [3.05, 3.63) is 65.4 Å². The minimum atomic E-state index is -1.23. The minimum absolute atomic E-state index is 0.0701. The number of nitrogens with two attached hydrogens (primary N) is 1. The Morgan fingerprint density at radius 1 is 1.25 bits per heavy atom. The summed E-state index contributed by atoms with van der Waals surface area (Å²) < 4.78 is 15.6. The zero-order chi connectivity index (χ0) is 25.2. The molecule has 0 aliphatic carbocycles. The van der Waals surface area contributed by atoms with Crippen molar-refractivity contribution in [3.8, 4) is 11.9 Å². The van der Waals surface area contributed by atoms with Crippen molar-refractivity contribution >= 4 is 18.2 Å². The van der Waals surface area contributed by atoms with E-state index >= 15 is 0 Å². The van der Waals surface area contributed by atoms with Gasteiger partial charge in [-0.1, -0.05) is 12.1 Å². The molecule has 1 aromatic carbocycles. The van der Waals surface area contributed by atoms with Gasteiger partial charge in [0.25, 0.3) is 0 Å². The Morgan fingerprint density at radius 3 is 2.78 bits per heavy atom. The standard InChI is InChI=1S/C23H23FN10O2/c24-18-13-27-22(30-21(18)33-14-17(12-29-33)20(26)35)31-6-8-32(9-7-31)23(36)34-19(4-5-28-34)16-3-1-2-15(10-16)11-25/h1-3,5,10,12-14,19-20,35H,4,6-9,26H2/t19-,20?/m0/s1. The van der Waals surface area contributed by atoms with Gasteiger partial charge in [0.05, 0.1) is 30.1 Å². The Balaban J connectivity index is 1.26. The molecule has 13 heteroatoms. The molecule has 2 atom stereocenters. The number of hydrogen-bond acceptors (Lipinski definition) is 9. The van der Waals surface area contributed by atoms with Gasteiger partial charge in [-0.05, 0) is 17.7 Å². The quantitative estimate of drug-likeness (QED) is 0.519. The second kappa shape index (κ2) is 9.68. The van der Waals surface area contributed by atoms with Crippen LogP contribution in [-0.2, 0) is 0 Å².